The highest BCUT2D eigenvalue weighted by atomic mass is 32.2. The summed E-state index contributed by atoms with van der Waals surface area (Å²) in [5.74, 6) is 0. The normalized spacial score (nSPS) is 14.1. The SMILES string of the molecule is C[S+](C)OC(C)(C)C.FC(F)(F)c1cc([B-](c2cc(C(F)(F)F)cc(C(F)(F)F)c2)(c2cc(C(F)(F)F)cc(C(F)(F)F)c2)c2cc(C(F)(F)F)cc(C(F)(F)F)c2)cc(C(F)(F)F)c1. The van der Waals surface area contributed by atoms with E-state index in [2.05, 4.69) is 33.3 Å². The summed E-state index contributed by atoms with van der Waals surface area (Å²) in [6.45, 7) is 6.21. The van der Waals surface area contributed by atoms with Gasteiger partial charge < -0.3 is 0 Å². The summed E-state index contributed by atoms with van der Waals surface area (Å²) in [7, 11) is 0. The van der Waals surface area contributed by atoms with Crippen LogP contribution in [0.5, 0.6) is 0 Å². The van der Waals surface area contributed by atoms with E-state index < -0.39 is 195 Å². The summed E-state index contributed by atoms with van der Waals surface area (Å²) < 4.78 is 346. The van der Waals surface area contributed by atoms with Crippen LogP contribution in [0.25, 0.3) is 0 Å². The van der Waals surface area contributed by atoms with Crippen LogP contribution in [0.15, 0.2) is 72.8 Å². The van der Waals surface area contributed by atoms with Gasteiger partial charge in [-0.25, -0.2) is 0 Å². The number of hydrogen-bond donors (Lipinski definition) is 0. The maximum atomic E-state index is 14.2. The van der Waals surface area contributed by atoms with Crippen molar-refractivity contribution in [3.05, 3.63) is 117 Å². The molecule has 4 aromatic rings. The zero-order valence-electron chi connectivity index (χ0n) is 32.9. The summed E-state index contributed by atoms with van der Waals surface area (Å²) in [6, 6.07) is -8.81. The van der Waals surface area contributed by atoms with Crippen molar-refractivity contribution in [3.63, 3.8) is 0 Å². The molecule has 0 aromatic heterocycles. The lowest BCUT2D eigenvalue weighted by atomic mass is 9.12. The summed E-state index contributed by atoms with van der Waals surface area (Å²) in [6.07, 6.45) is -50.7. The van der Waals surface area contributed by atoms with Gasteiger partial charge in [0, 0.05) is 0 Å². The molecule has 4 rings (SSSR count). The first-order valence-electron chi connectivity index (χ1n) is 17.3. The lowest BCUT2D eigenvalue weighted by Crippen LogP contribution is -2.75. The smallest absolute Gasteiger partial charge is 0.194 e. The Morgan fingerprint density at radius 2 is 0.431 bits per heavy atom. The van der Waals surface area contributed by atoms with Crippen LogP contribution in [0.4, 0.5) is 105 Å². The van der Waals surface area contributed by atoms with Crippen molar-refractivity contribution in [2.45, 2.75) is 75.8 Å². The van der Waals surface area contributed by atoms with Gasteiger partial charge in [-0.3, -0.25) is 0 Å². The monoisotopic (exact) mass is 998 g/mol. The molecule has 65 heavy (non-hydrogen) atoms. The van der Waals surface area contributed by atoms with E-state index in [0.29, 0.717) is 0 Å². The molecule has 0 radical (unpaired) electrons. The zero-order chi connectivity index (χ0) is 50.7. The van der Waals surface area contributed by atoms with Crippen LogP contribution in [0.3, 0.4) is 0 Å². The average molecular weight is 998 g/mol. The van der Waals surface area contributed by atoms with E-state index in [-0.39, 0.29) is 16.8 Å². The Kier molecular flexibility index (Phi) is 14.9. The average Bonchev–Trinajstić information content (AvgIpc) is 3.08. The molecular formula is C38H27BF24OS. The molecule has 0 unspecified atom stereocenters. The number of rotatable bonds is 5. The standard InChI is InChI=1S/C32H12BF24.C6H15OS/c34-25(35,36)13-1-14(26(37,38)39)6-21(5-13)33(22-7-15(27(40,41)42)2-16(8-22)28(43,44)45,23-9-17(29(46,47)48)3-18(10-23)30(49,50)51)24-11-19(31(52,53)54)4-20(12-24)32(55,56)57;1-6(2,3)7-8(4)5/h1-12H;1-5H3/q-1;+1. The number of hydrogen-bond acceptors (Lipinski definition) is 1. The molecule has 27 heteroatoms. The van der Waals surface area contributed by atoms with Crippen molar-refractivity contribution in [1.29, 1.82) is 0 Å². The van der Waals surface area contributed by atoms with Crippen LogP contribution in [0.2, 0.25) is 0 Å². The van der Waals surface area contributed by atoms with Crippen LogP contribution in [0.1, 0.15) is 65.3 Å². The van der Waals surface area contributed by atoms with E-state index in [4.69, 9.17) is 4.18 Å². The minimum atomic E-state index is -6.13. The number of alkyl halides is 24. The van der Waals surface area contributed by atoms with Crippen molar-refractivity contribution >= 4 is 39.2 Å². The van der Waals surface area contributed by atoms with Crippen LogP contribution in [-0.2, 0) is 64.8 Å². The van der Waals surface area contributed by atoms with Gasteiger partial charge in [0.2, 0.25) is 0 Å². The minimum absolute atomic E-state index is 0.0343. The Hall–Kier alpha value is -4.43. The topological polar surface area (TPSA) is 9.23 Å². The quantitative estimate of drug-likeness (QED) is 0.110. The molecule has 0 atom stereocenters. The molecule has 0 N–H and O–H groups in total. The first-order chi connectivity index (χ1) is 28.7. The molecule has 0 spiro atoms. The maximum Gasteiger partial charge on any atom is 0.416 e. The highest BCUT2D eigenvalue weighted by molar-refractivity contribution is 7.91. The molecule has 1 nitrogen and oxygen atoms in total. The van der Waals surface area contributed by atoms with Gasteiger partial charge in [0.25, 0.3) is 0 Å². The Labute approximate surface area is 354 Å². The Balaban J connectivity index is 0.00000128. The Morgan fingerprint density at radius 1 is 0.292 bits per heavy atom. The van der Waals surface area contributed by atoms with E-state index >= 15 is 0 Å². The second kappa shape index (κ2) is 17.7. The van der Waals surface area contributed by atoms with Gasteiger partial charge in [-0.15, -0.1) is 0 Å². The van der Waals surface area contributed by atoms with E-state index in [0.717, 1.165) is 0 Å². The summed E-state index contributed by atoms with van der Waals surface area (Å²) >= 11 is 0.115. The van der Waals surface area contributed by atoms with Gasteiger partial charge in [0.1, 0.15) is 35.4 Å². The third-order valence-electron chi connectivity index (χ3n) is 8.86. The molecule has 4 aromatic carbocycles. The number of halogens is 24. The Bertz CT molecular complexity index is 1880. The van der Waals surface area contributed by atoms with E-state index in [1.165, 1.54) is 0 Å². The van der Waals surface area contributed by atoms with Crippen LogP contribution >= 0.6 is 0 Å². The highest BCUT2D eigenvalue weighted by Gasteiger charge is 2.47. The molecule has 0 aliphatic heterocycles. The predicted molar refractivity (Wildman–Crippen MR) is 190 cm³/mol. The fraction of sp³-hybridized carbons (Fsp3) is 0.368. The van der Waals surface area contributed by atoms with Gasteiger partial charge in [0.05, 0.1) is 44.5 Å². The summed E-state index contributed by atoms with van der Waals surface area (Å²) in [5.41, 5.74) is -30.2. The summed E-state index contributed by atoms with van der Waals surface area (Å²) in [4.78, 5) is 0. The lowest BCUT2D eigenvalue weighted by molar-refractivity contribution is -0.144. The first-order valence-corrected chi connectivity index (χ1v) is 19.3. The molecule has 0 aliphatic rings. The zero-order valence-corrected chi connectivity index (χ0v) is 33.7. The van der Waals surface area contributed by atoms with Gasteiger partial charge in [-0.05, 0) is 45.0 Å². The fourth-order valence-electron chi connectivity index (χ4n) is 6.57. The number of benzene rings is 4. The third-order valence-corrected chi connectivity index (χ3v) is 9.69. The molecule has 0 saturated heterocycles. The molecule has 0 amide bonds. The van der Waals surface area contributed by atoms with Crippen molar-refractivity contribution < 1.29 is 110 Å². The molecule has 0 heterocycles. The second-order valence-corrected chi connectivity index (χ2v) is 16.8. The van der Waals surface area contributed by atoms with E-state index in [9.17, 15) is 105 Å². The maximum absolute atomic E-state index is 14.2. The first kappa shape index (κ1) is 54.9. The van der Waals surface area contributed by atoms with Crippen molar-refractivity contribution in [2.75, 3.05) is 12.5 Å². The molecule has 0 aliphatic carbocycles. The van der Waals surface area contributed by atoms with Gasteiger partial charge in [-0.1, -0.05) is 48.5 Å². The van der Waals surface area contributed by atoms with Crippen molar-refractivity contribution in [3.8, 4) is 0 Å². The van der Waals surface area contributed by atoms with Gasteiger partial charge in [0.15, 0.2) is 0 Å². The predicted octanol–water partition coefficient (Wildman–Crippen LogP) is 12.8. The highest BCUT2D eigenvalue weighted by Crippen LogP contribution is 2.41. The van der Waals surface area contributed by atoms with Crippen LogP contribution in [0, 0.1) is 0 Å². The van der Waals surface area contributed by atoms with Crippen molar-refractivity contribution in [1.82, 2.24) is 0 Å². The summed E-state index contributed by atoms with van der Waals surface area (Å²) in [5, 5.41) is 0. The van der Waals surface area contributed by atoms with Gasteiger partial charge in [-0.2, -0.15) is 131 Å². The fourth-order valence-corrected chi connectivity index (χ4v) is 7.57. The van der Waals surface area contributed by atoms with Crippen molar-refractivity contribution in [2.24, 2.45) is 0 Å². The molecular weight excluding hydrogens is 971 g/mol. The molecule has 0 bridgehead atoms. The molecule has 0 fully saturated rings. The van der Waals surface area contributed by atoms with Crippen LogP contribution in [-0.4, -0.2) is 24.3 Å². The van der Waals surface area contributed by atoms with Gasteiger partial charge >= 0.3 is 49.4 Å². The lowest BCUT2D eigenvalue weighted by Gasteiger charge is -2.46. The largest absolute Gasteiger partial charge is 0.416 e. The molecule has 362 valence electrons. The van der Waals surface area contributed by atoms with Crippen LogP contribution < -0.4 is 21.9 Å². The minimum Gasteiger partial charge on any atom is -0.194 e. The second-order valence-electron chi connectivity index (χ2n) is 15.2. The van der Waals surface area contributed by atoms with E-state index in [1.807, 2.05) is 0 Å². The molecule has 0 saturated carbocycles. The Morgan fingerprint density at radius 3 is 0.508 bits per heavy atom. The van der Waals surface area contributed by atoms with E-state index in [1.54, 1.807) is 0 Å². The third kappa shape index (κ3) is 13.6.